The van der Waals surface area contributed by atoms with E-state index >= 15 is 0 Å². The van der Waals surface area contributed by atoms with Crippen molar-refractivity contribution in [3.63, 3.8) is 0 Å². The summed E-state index contributed by atoms with van der Waals surface area (Å²) in [5.41, 5.74) is 5.39. The zero-order valence-electron chi connectivity index (χ0n) is 17.3. The second kappa shape index (κ2) is 9.06. The zero-order chi connectivity index (χ0) is 21.1. The monoisotopic (exact) mass is 428 g/mol. The maximum Gasteiger partial charge on any atom is 0.185 e. The molecule has 0 saturated heterocycles. The second-order valence-corrected chi connectivity index (χ2v) is 8.54. The van der Waals surface area contributed by atoms with Crippen molar-refractivity contribution >= 4 is 52.5 Å². The van der Waals surface area contributed by atoms with Gasteiger partial charge in [0.25, 0.3) is 0 Å². The van der Waals surface area contributed by atoms with Gasteiger partial charge in [0.1, 0.15) is 0 Å². The van der Waals surface area contributed by atoms with Crippen molar-refractivity contribution in [2.75, 3.05) is 38.0 Å². The van der Waals surface area contributed by atoms with Gasteiger partial charge < -0.3 is 9.80 Å². The largest absolute Gasteiger partial charge is 0.378 e. The van der Waals surface area contributed by atoms with Crippen LogP contribution in [0.5, 0.6) is 0 Å². The molecule has 0 aliphatic heterocycles. The number of allylic oxidation sites excluding steroid dienone is 2. The molecule has 0 amide bonds. The molecular weight excluding hydrogens is 403 g/mol. The lowest BCUT2D eigenvalue weighted by Gasteiger charge is -2.18. The summed E-state index contributed by atoms with van der Waals surface area (Å²) in [5, 5.41) is 1.30. The Balaban J connectivity index is 1.89. The number of carbonyl (C=O) groups is 1. The molecule has 0 unspecified atom stereocenters. The van der Waals surface area contributed by atoms with Crippen LogP contribution in [0, 0.1) is 0 Å². The molecule has 0 atom stereocenters. The fourth-order valence-corrected chi connectivity index (χ4v) is 3.83. The van der Waals surface area contributed by atoms with Crippen LogP contribution < -0.4 is 9.80 Å². The van der Waals surface area contributed by atoms with Crippen LogP contribution in [-0.4, -0.2) is 34.0 Å². The number of hydrogen-bond acceptors (Lipinski definition) is 3. The molecule has 5 heteroatoms. The van der Waals surface area contributed by atoms with Crippen LogP contribution in [0.15, 0.2) is 47.5 Å². The Hall–Kier alpha value is -2.23. The highest BCUT2D eigenvalue weighted by atomic mass is 35.5. The average molecular weight is 429 g/mol. The van der Waals surface area contributed by atoms with E-state index in [0.717, 1.165) is 52.9 Å². The molecule has 29 heavy (non-hydrogen) atoms. The smallest absolute Gasteiger partial charge is 0.185 e. The average Bonchev–Trinajstić information content (AvgIpc) is 2.67. The van der Waals surface area contributed by atoms with Crippen LogP contribution in [0.3, 0.4) is 0 Å². The highest BCUT2D eigenvalue weighted by Gasteiger charge is 2.21. The van der Waals surface area contributed by atoms with Gasteiger partial charge in [0, 0.05) is 60.8 Å². The molecule has 1 fully saturated rings. The minimum Gasteiger partial charge on any atom is -0.378 e. The first-order valence-electron chi connectivity index (χ1n) is 9.66. The normalized spacial score (nSPS) is 17.1. The number of carbonyl (C=O) groups excluding carboxylic acids is 1. The molecule has 3 nitrogen and oxygen atoms in total. The van der Waals surface area contributed by atoms with Crippen molar-refractivity contribution in [2.24, 2.45) is 0 Å². The van der Waals surface area contributed by atoms with E-state index in [2.05, 4.69) is 0 Å². The van der Waals surface area contributed by atoms with Gasteiger partial charge in [-0.05, 0) is 66.8 Å². The van der Waals surface area contributed by atoms with Crippen LogP contribution in [-0.2, 0) is 4.79 Å². The van der Waals surface area contributed by atoms with Gasteiger partial charge in [0.2, 0.25) is 0 Å². The molecule has 0 radical (unpaired) electrons. The molecule has 1 aliphatic rings. The van der Waals surface area contributed by atoms with Gasteiger partial charge in [-0.25, -0.2) is 0 Å². The van der Waals surface area contributed by atoms with Gasteiger partial charge in [-0.1, -0.05) is 35.3 Å². The van der Waals surface area contributed by atoms with Gasteiger partial charge in [-0.3, -0.25) is 4.79 Å². The Bertz CT molecular complexity index is 913. The molecule has 1 saturated carbocycles. The third-order valence-electron chi connectivity index (χ3n) is 5.14. The number of rotatable bonds is 4. The number of benzene rings is 2. The number of anilines is 2. The number of halogens is 2. The Kier molecular flexibility index (Phi) is 6.71. The lowest BCUT2D eigenvalue weighted by Crippen LogP contribution is -2.12. The summed E-state index contributed by atoms with van der Waals surface area (Å²) < 4.78 is 0. The number of Topliss-reactive ketones (excluding diaryl/α,β-unsaturated/α-hetero) is 1. The van der Waals surface area contributed by atoms with Crippen LogP contribution in [0.25, 0.3) is 12.2 Å². The van der Waals surface area contributed by atoms with Crippen LogP contribution in [0.1, 0.15) is 30.4 Å². The van der Waals surface area contributed by atoms with Crippen molar-refractivity contribution < 1.29 is 4.79 Å². The molecule has 0 aromatic heterocycles. The Morgan fingerprint density at radius 2 is 1.17 bits per heavy atom. The first-order chi connectivity index (χ1) is 13.8. The maximum atomic E-state index is 13.1. The third-order valence-corrected chi connectivity index (χ3v) is 5.79. The summed E-state index contributed by atoms with van der Waals surface area (Å²) in [4.78, 5) is 17.1. The van der Waals surface area contributed by atoms with Crippen molar-refractivity contribution in [3.05, 3.63) is 68.7 Å². The van der Waals surface area contributed by atoms with Crippen LogP contribution >= 0.6 is 23.2 Å². The summed E-state index contributed by atoms with van der Waals surface area (Å²) in [6.07, 6.45) is 6.30. The van der Waals surface area contributed by atoms with Crippen molar-refractivity contribution in [1.29, 1.82) is 0 Å². The Morgan fingerprint density at radius 1 is 0.759 bits per heavy atom. The van der Waals surface area contributed by atoms with Gasteiger partial charge in [-0.2, -0.15) is 0 Å². The predicted octanol–water partition coefficient (Wildman–Crippen LogP) is 6.35. The quantitative estimate of drug-likeness (QED) is 0.530. The second-order valence-electron chi connectivity index (χ2n) is 7.72. The van der Waals surface area contributed by atoms with Crippen LogP contribution in [0.2, 0.25) is 10.0 Å². The lowest BCUT2D eigenvalue weighted by molar-refractivity contribution is -0.112. The Morgan fingerprint density at radius 3 is 1.52 bits per heavy atom. The summed E-state index contributed by atoms with van der Waals surface area (Å²) in [6.45, 7) is 0. The van der Waals surface area contributed by atoms with Gasteiger partial charge in [0.05, 0.1) is 0 Å². The van der Waals surface area contributed by atoms with Gasteiger partial charge in [-0.15, -0.1) is 0 Å². The minimum atomic E-state index is 0.0803. The SMILES string of the molecule is CN(C)c1ccc(C=C2CCCC(=Cc3ccc(N(C)C)cc3Cl)C2=O)c(Cl)c1. The van der Waals surface area contributed by atoms with Crippen molar-refractivity contribution in [2.45, 2.75) is 19.3 Å². The number of nitrogens with zero attached hydrogens (tertiary/aromatic N) is 2. The third kappa shape index (κ3) is 5.04. The summed E-state index contributed by atoms with van der Waals surface area (Å²) >= 11 is 12.9. The summed E-state index contributed by atoms with van der Waals surface area (Å²) in [6, 6.07) is 11.8. The topological polar surface area (TPSA) is 23.6 Å². The van der Waals surface area contributed by atoms with Crippen molar-refractivity contribution in [3.8, 4) is 0 Å². The molecular formula is C24H26Cl2N2O. The van der Waals surface area contributed by atoms with E-state index in [4.69, 9.17) is 23.2 Å². The molecule has 152 valence electrons. The molecule has 1 aliphatic carbocycles. The maximum absolute atomic E-state index is 13.1. The molecule has 0 N–H and O–H groups in total. The van der Waals surface area contributed by atoms with E-state index in [1.165, 1.54) is 0 Å². The molecule has 0 spiro atoms. The summed E-state index contributed by atoms with van der Waals surface area (Å²) in [7, 11) is 7.90. The van der Waals surface area contributed by atoms with E-state index < -0.39 is 0 Å². The Labute approximate surface area is 183 Å². The number of ketones is 1. The highest BCUT2D eigenvalue weighted by Crippen LogP contribution is 2.32. The number of hydrogen-bond donors (Lipinski definition) is 0. The lowest BCUT2D eigenvalue weighted by atomic mass is 9.87. The van der Waals surface area contributed by atoms with E-state index in [-0.39, 0.29) is 5.78 Å². The first-order valence-corrected chi connectivity index (χ1v) is 10.4. The van der Waals surface area contributed by atoms with Gasteiger partial charge in [0.15, 0.2) is 5.78 Å². The van der Waals surface area contributed by atoms with E-state index in [1.807, 2.05) is 86.5 Å². The predicted molar refractivity (Wildman–Crippen MR) is 126 cm³/mol. The molecule has 2 aromatic rings. The van der Waals surface area contributed by atoms with Crippen LogP contribution in [0.4, 0.5) is 11.4 Å². The minimum absolute atomic E-state index is 0.0803. The zero-order valence-corrected chi connectivity index (χ0v) is 18.8. The van der Waals surface area contributed by atoms with Crippen molar-refractivity contribution in [1.82, 2.24) is 0 Å². The molecule has 0 heterocycles. The standard InChI is InChI=1S/C24H26Cl2N2O/c1-27(2)20-10-8-16(22(25)14-20)12-18-6-5-7-19(24(18)29)13-17-9-11-21(28(3)4)15-23(17)26/h8-15H,5-7H2,1-4H3. The first kappa shape index (κ1) is 21.5. The van der Waals surface area contributed by atoms with E-state index in [0.29, 0.717) is 10.0 Å². The van der Waals surface area contributed by atoms with Gasteiger partial charge >= 0.3 is 0 Å². The molecule has 3 rings (SSSR count). The molecule has 0 bridgehead atoms. The fraction of sp³-hybridized carbons (Fsp3) is 0.292. The molecule has 2 aromatic carbocycles. The van der Waals surface area contributed by atoms with E-state index in [9.17, 15) is 4.79 Å². The summed E-state index contributed by atoms with van der Waals surface area (Å²) in [5.74, 6) is 0.0803. The fourth-order valence-electron chi connectivity index (χ4n) is 3.38. The highest BCUT2D eigenvalue weighted by molar-refractivity contribution is 6.33. The van der Waals surface area contributed by atoms with E-state index in [1.54, 1.807) is 0 Å².